The van der Waals surface area contributed by atoms with E-state index in [1.807, 2.05) is 27.7 Å². The molecule has 0 unspecified atom stereocenters. The molecule has 0 fully saturated rings. The predicted molar refractivity (Wildman–Crippen MR) is 80.7 cm³/mol. The summed E-state index contributed by atoms with van der Waals surface area (Å²) < 4.78 is 0. The van der Waals surface area contributed by atoms with Gasteiger partial charge in [0.05, 0.1) is 0 Å². The molecule has 2 rings (SSSR count). The molecule has 1 aromatic carbocycles. The van der Waals surface area contributed by atoms with E-state index in [9.17, 15) is 5.11 Å². The number of benzene rings is 1. The smallest absolute Gasteiger partial charge is 0.221 e. The molecule has 0 atom stereocenters. The topological polar surface area (TPSA) is 98.0 Å². The quantitative estimate of drug-likeness (QED) is 0.778. The van der Waals surface area contributed by atoms with E-state index in [2.05, 4.69) is 9.97 Å². The van der Waals surface area contributed by atoms with Crippen LogP contribution in [0.1, 0.15) is 33.4 Å². The number of nitrogens with two attached hydrogens (primary N) is 2. The lowest BCUT2D eigenvalue weighted by Gasteiger charge is -2.17. The molecule has 0 spiro atoms. The van der Waals surface area contributed by atoms with E-state index in [1.165, 1.54) is 0 Å². The van der Waals surface area contributed by atoms with E-state index >= 15 is 0 Å². The highest BCUT2D eigenvalue weighted by Gasteiger charge is 2.15. The third-order valence-corrected chi connectivity index (χ3v) is 4.02. The minimum Gasteiger partial charge on any atom is -0.507 e. The number of nitrogen functional groups attached to an aromatic ring is 2. The summed E-state index contributed by atoms with van der Waals surface area (Å²) in [4.78, 5) is 7.98. The van der Waals surface area contributed by atoms with Crippen molar-refractivity contribution >= 4 is 11.8 Å². The highest BCUT2D eigenvalue weighted by molar-refractivity contribution is 5.55. The molecule has 0 saturated carbocycles. The third-order valence-electron chi connectivity index (χ3n) is 4.02. The number of hydrogen-bond donors (Lipinski definition) is 3. The Bertz CT molecular complexity index is 651. The Labute approximate surface area is 118 Å². The van der Waals surface area contributed by atoms with Crippen molar-refractivity contribution in [2.45, 2.75) is 34.1 Å². The second-order valence-corrected chi connectivity index (χ2v) is 5.14. The van der Waals surface area contributed by atoms with Crippen LogP contribution in [0.2, 0.25) is 0 Å². The Kier molecular flexibility index (Phi) is 3.53. The van der Waals surface area contributed by atoms with Crippen molar-refractivity contribution in [2.75, 3.05) is 11.5 Å². The molecular formula is C15H20N4O. The average molecular weight is 272 g/mol. The number of phenolic OH excluding ortho intramolecular Hbond substituents is 1. The number of aromatic nitrogens is 2. The molecule has 0 saturated heterocycles. The maximum absolute atomic E-state index is 10.1. The zero-order chi connectivity index (χ0) is 15.0. The van der Waals surface area contributed by atoms with Gasteiger partial charge in [-0.05, 0) is 55.5 Å². The molecule has 20 heavy (non-hydrogen) atoms. The summed E-state index contributed by atoms with van der Waals surface area (Å²) in [6.45, 7) is 7.85. The average Bonchev–Trinajstić information content (AvgIpc) is 2.41. The molecule has 5 N–H and O–H groups in total. The number of aromatic hydroxyl groups is 1. The van der Waals surface area contributed by atoms with Crippen LogP contribution in [0.5, 0.6) is 5.75 Å². The van der Waals surface area contributed by atoms with Crippen LogP contribution in [-0.4, -0.2) is 15.1 Å². The van der Waals surface area contributed by atoms with Crippen LogP contribution in [0.4, 0.5) is 11.8 Å². The standard InChI is InChI=1S/C15H20N4O/c1-7-9(3)13(20)10(4)8(2)12(7)5-11-6-18-15(17)19-14(11)16/h6,20H,5H2,1-4H3,(H4,16,17,18,19). The highest BCUT2D eigenvalue weighted by atomic mass is 16.3. The van der Waals surface area contributed by atoms with Crippen LogP contribution >= 0.6 is 0 Å². The van der Waals surface area contributed by atoms with E-state index in [4.69, 9.17) is 11.5 Å². The zero-order valence-electron chi connectivity index (χ0n) is 12.3. The van der Waals surface area contributed by atoms with Gasteiger partial charge in [0.1, 0.15) is 11.6 Å². The van der Waals surface area contributed by atoms with Crippen molar-refractivity contribution in [3.8, 4) is 5.75 Å². The lowest BCUT2D eigenvalue weighted by Crippen LogP contribution is -2.07. The molecule has 5 heteroatoms. The molecule has 0 aliphatic rings. The summed E-state index contributed by atoms with van der Waals surface area (Å²) in [5.41, 5.74) is 17.3. The monoisotopic (exact) mass is 272 g/mol. The van der Waals surface area contributed by atoms with Gasteiger partial charge in [-0.25, -0.2) is 4.98 Å². The molecule has 0 aliphatic carbocycles. The first kappa shape index (κ1) is 14.1. The molecule has 0 aliphatic heterocycles. The van der Waals surface area contributed by atoms with Crippen LogP contribution in [0, 0.1) is 27.7 Å². The summed E-state index contributed by atoms with van der Waals surface area (Å²) in [5.74, 6) is 0.947. The van der Waals surface area contributed by atoms with Crippen molar-refractivity contribution in [3.63, 3.8) is 0 Å². The van der Waals surface area contributed by atoms with Gasteiger partial charge in [-0.2, -0.15) is 4.98 Å². The normalized spacial score (nSPS) is 10.8. The Balaban J connectivity index is 2.54. The van der Waals surface area contributed by atoms with Crippen molar-refractivity contribution in [2.24, 2.45) is 0 Å². The van der Waals surface area contributed by atoms with Gasteiger partial charge < -0.3 is 16.6 Å². The van der Waals surface area contributed by atoms with Gasteiger partial charge in [-0.1, -0.05) is 0 Å². The second kappa shape index (κ2) is 5.00. The number of rotatable bonds is 2. The molecule has 1 heterocycles. The summed E-state index contributed by atoms with van der Waals surface area (Å²) in [6.07, 6.45) is 2.29. The number of nitrogens with zero attached hydrogens (tertiary/aromatic N) is 2. The van der Waals surface area contributed by atoms with Crippen LogP contribution < -0.4 is 11.5 Å². The molecule has 2 aromatic rings. The lowest BCUT2D eigenvalue weighted by atomic mass is 9.89. The summed E-state index contributed by atoms with van der Waals surface area (Å²) in [5, 5.41) is 10.1. The number of phenols is 1. The van der Waals surface area contributed by atoms with Gasteiger partial charge in [0.15, 0.2) is 0 Å². The Hall–Kier alpha value is -2.30. The Morgan fingerprint density at radius 3 is 2.05 bits per heavy atom. The number of hydrogen-bond acceptors (Lipinski definition) is 5. The van der Waals surface area contributed by atoms with Crippen LogP contribution in [0.15, 0.2) is 6.20 Å². The van der Waals surface area contributed by atoms with Crippen molar-refractivity contribution in [1.29, 1.82) is 0 Å². The second-order valence-electron chi connectivity index (χ2n) is 5.14. The van der Waals surface area contributed by atoms with Crippen LogP contribution in [0.25, 0.3) is 0 Å². The molecule has 0 radical (unpaired) electrons. The van der Waals surface area contributed by atoms with Crippen LogP contribution in [0.3, 0.4) is 0 Å². The third kappa shape index (κ3) is 2.27. The predicted octanol–water partition coefficient (Wildman–Crippen LogP) is 2.17. The van der Waals surface area contributed by atoms with E-state index in [0.717, 1.165) is 33.4 Å². The fraction of sp³-hybridized carbons (Fsp3) is 0.333. The van der Waals surface area contributed by atoms with Crippen LogP contribution in [-0.2, 0) is 6.42 Å². The Morgan fingerprint density at radius 1 is 1.00 bits per heavy atom. The van der Waals surface area contributed by atoms with E-state index in [0.29, 0.717) is 18.0 Å². The first-order valence-electron chi connectivity index (χ1n) is 6.48. The SMILES string of the molecule is Cc1c(C)c(Cc2cnc(N)nc2N)c(C)c(C)c1O. The van der Waals surface area contributed by atoms with E-state index < -0.39 is 0 Å². The first-order chi connectivity index (χ1) is 9.32. The fourth-order valence-electron chi connectivity index (χ4n) is 2.40. The van der Waals surface area contributed by atoms with Gasteiger partial charge in [0.2, 0.25) is 5.95 Å². The van der Waals surface area contributed by atoms with Crippen molar-refractivity contribution < 1.29 is 5.11 Å². The lowest BCUT2D eigenvalue weighted by molar-refractivity contribution is 0.465. The van der Waals surface area contributed by atoms with Gasteiger partial charge in [-0.3, -0.25) is 0 Å². The molecular weight excluding hydrogens is 252 g/mol. The molecule has 0 bridgehead atoms. The van der Waals surface area contributed by atoms with Gasteiger partial charge >= 0.3 is 0 Å². The number of anilines is 2. The van der Waals surface area contributed by atoms with E-state index in [1.54, 1.807) is 6.20 Å². The zero-order valence-corrected chi connectivity index (χ0v) is 12.3. The summed E-state index contributed by atoms with van der Waals surface area (Å²) >= 11 is 0. The van der Waals surface area contributed by atoms with Crippen molar-refractivity contribution in [3.05, 3.63) is 39.6 Å². The Morgan fingerprint density at radius 2 is 1.55 bits per heavy atom. The van der Waals surface area contributed by atoms with Gasteiger partial charge in [0, 0.05) is 18.2 Å². The maximum atomic E-state index is 10.1. The summed E-state index contributed by atoms with van der Waals surface area (Å²) in [6, 6.07) is 0. The van der Waals surface area contributed by atoms with Crippen molar-refractivity contribution in [1.82, 2.24) is 9.97 Å². The molecule has 106 valence electrons. The summed E-state index contributed by atoms with van der Waals surface area (Å²) in [7, 11) is 0. The highest BCUT2D eigenvalue weighted by Crippen LogP contribution is 2.33. The van der Waals surface area contributed by atoms with Gasteiger partial charge in [-0.15, -0.1) is 0 Å². The van der Waals surface area contributed by atoms with Gasteiger partial charge in [0.25, 0.3) is 0 Å². The minimum atomic E-state index is 0.178. The largest absolute Gasteiger partial charge is 0.507 e. The molecule has 0 amide bonds. The minimum absolute atomic E-state index is 0.178. The van der Waals surface area contributed by atoms with E-state index in [-0.39, 0.29) is 5.95 Å². The first-order valence-corrected chi connectivity index (χ1v) is 6.48. The maximum Gasteiger partial charge on any atom is 0.221 e. The molecule has 1 aromatic heterocycles. The molecule has 5 nitrogen and oxygen atoms in total. The fourth-order valence-corrected chi connectivity index (χ4v) is 2.40.